The minimum atomic E-state index is 0.0332. The van der Waals surface area contributed by atoms with Crippen LogP contribution in [-0.2, 0) is 9.47 Å². The highest BCUT2D eigenvalue weighted by atomic mass is 16.6. The van der Waals surface area contributed by atoms with E-state index in [9.17, 15) is 0 Å². The van der Waals surface area contributed by atoms with Crippen molar-refractivity contribution in [1.29, 1.82) is 0 Å². The van der Waals surface area contributed by atoms with Crippen molar-refractivity contribution < 1.29 is 14.1 Å². The average Bonchev–Trinajstić information content (AvgIpc) is 3.10. The molecule has 0 aliphatic carbocycles. The summed E-state index contributed by atoms with van der Waals surface area (Å²) in [6.45, 7) is 4.55. The Morgan fingerprint density at radius 2 is 1.88 bits per heavy atom. The molecule has 2 saturated heterocycles. The lowest BCUT2D eigenvalue weighted by atomic mass is 10.1. The van der Waals surface area contributed by atoms with Gasteiger partial charge in [-0.05, 0) is 29.6 Å². The van der Waals surface area contributed by atoms with Crippen molar-refractivity contribution in [3.05, 3.63) is 0 Å². The van der Waals surface area contributed by atoms with Crippen LogP contribution < -0.4 is 9.80 Å². The molecule has 130 valence electrons. The van der Waals surface area contributed by atoms with Crippen molar-refractivity contribution in [3.8, 4) is 0 Å². The van der Waals surface area contributed by atoms with Crippen LogP contribution in [0.3, 0.4) is 0 Å². The minimum Gasteiger partial charge on any atom is -0.376 e. The predicted molar refractivity (Wildman–Crippen MR) is 87.3 cm³/mol. The summed E-state index contributed by atoms with van der Waals surface area (Å²) in [5.74, 6) is 1.63. The highest BCUT2D eigenvalue weighted by Crippen LogP contribution is 2.29. The molecule has 2 aromatic heterocycles. The van der Waals surface area contributed by atoms with E-state index in [0.717, 1.165) is 24.7 Å². The van der Waals surface area contributed by atoms with Crippen molar-refractivity contribution in [2.45, 2.75) is 25.4 Å². The SMILES string of the molecule is CN(C[C@@H]1COCCO1)c1nc2nonc2nc1N1CCCCC1. The van der Waals surface area contributed by atoms with Crippen LogP contribution in [0.5, 0.6) is 0 Å². The Kier molecular flexibility index (Phi) is 4.44. The molecule has 4 rings (SSSR count). The van der Waals surface area contributed by atoms with Gasteiger partial charge in [-0.2, -0.15) is 0 Å². The lowest BCUT2D eigenvalue weighted by Crippen LogP contribution is -2.40. The van der Waals surface area contributed by atoms with Gasteiger partial charge in [0.15, 0.2) is 11.6 Å². The van der Waals surface area contributed by atoms with E-state index >= 15 is 0 Å². The predicted octanol–water partition coefficient (Wildman–Crippen LogP) is 0.855. The lowest BCUT2D eigenvalue weighted by molar-refractivity contribution is -0.0837. The number of likely N-dealkylation sites (N-methyl/N-ethyl adjacent to an activating group) is 1. The third kappa shape index (κ3) is 3.13. The van der Waals surface area contributed by atoms with Gasteiger partial charge in [0, 0.05) is 26.7 Å². The number of anilines is 2. The van der Waals surface area contributed by atoms with Crippen molar-refractivity contribution >= 4 is 22.9 Å². The first-order chi connectivity index (χ1) is 11.8. The Morgan fingerprint density at radius 1 is 1.08 bits per heavy atom. The number of piperidine rings is 1. The molecule has 2 aliphatic rings. The maximum Gasteiger partial charge on any atom is 0.245 e. The molecule has 24 heavy (non-hydrogen) atoms. The van der Waals surface area contributed by atoms with Gasteiger partial charge in [0.2, 0.25) is 11.3 Å². The van der Waals surface area contributed by atoms with Crippen molar-refractivity contribution in [1.82, 2.24) is 20.3 Å². The van der Waals surface area contributed by atoms with E-state index in [1.807, 2.05) is 7.05 Å². The number of hydrogen-bond donors (Lipinski definition) is 0. The summed E-state index contributed by atoms with van der Waals surface area (Å²) in [4.78, 5) is 13.6. The first-order valence-corrected chi connectivity index (χ1v) is 8.47. The topological polar surface area (TPSA) is 89.6 Å². The third-order valence-electron chi connectivity index (χ3n) is 4.46. The Balaban J connectivity index is 1.63. The molecule has 0 amide bonds. The summed E-state index contributed by atoms with van der Waals surface area (Å²) in [6.07, 6.45) is 3.63. The molecule has 0 bridgehead atoms. The molecule has 0 saturated carbocycles. The lowest BCUT2D eigenvalue weighted by Gasteiger charge is -2.32. The number of rotatable bonds is 4. The number of nitrogens with zero attached hydrogens (tertiary/aromatic N) is 6. The summed E-state index contributed by atoms with van der Waals surface area (Å²) in [5, 5.41) is 7.67. The first kappa shape index (κ1) is 15.5. The van der Waals surface area contributed by atoms with Gasteiger partial charge in [-0.3, -0.25) is 0 Å². The molecule has 1 atom stereocenters. The summed E-state index contributed by atoms with van der Waals surface area (Å²) in [5.41, 5.74) is 0.878. The zero-order chi connectivity index (χ0) is 16.4. The van der Waals surface area contributed by atoms with E-state index < -0.39 is 0 Å². The van der Waals surface area contributed by atoms with Crippen LogP contribution in [0.2, 0.25) is 0 Å². The molecule has 4 heterocycles. The molecule has 0 unspecified atom stereocenters. The zero-order valence-electron chi connectivity index (χ0n) is 13.8. The van der Waals surface area contributed by atoms with E-state index in [4.69, 9.17) is 14.1 Å². The second kappa shape index (κ2) is 6.86. The van der Waals surface area contributed by atoms with E-state index in [-0.39, 0.29) is 6.10 Å². The number of hydrogen-bond acceptors (Lipinski definition) is 9. The average molecular weight is 334 g/mol. The maximum absolute atomic E-state index is 5.75. The molecule has 9 nitrogen and oxygen atoms in total. The number of fused-ring (bicyclic) bond motifs is 1. The highest BCUT2D eigenvalue weighted by Gasteiger charge is 2.24. The summed E-state index contributed by atoms with van der Waals surface area (Å²) in [7, 11) is 1.99. The Hall–Kier alpha value is -2.00. The van der Waals surface area contributed by atoms with Gasteiger partial charge < -0.3 is 19.3 Å². The Bertz CT molecular complexity index is 681. The van der Waals surface area contributed by atoms with Crippen LogP contribution in [0.1, 0.15) is 19.3 Å². The van der Waals surface area contributed by atoms with E-state index in [1.54, 1.807) is 0 Å². The molecular formula is C15H22N6O3. The van der Waals surface area contributed by atoms with E-state index in [0.29, 0.717) is 37.7 Å². The molecule has 2 fully saturated rings. The third-order valence-corrected chi connectivity index (χ3v) is 4.46. The normalized spacial score (nSPS) is 22.0. The molecule has 0 N–H and O–H groups in total. The monoisotopic (exact) mass is 334 g/mol. The fourth-order valence-corrected chi connectivity index (χ4v) is 3.23. The molecule has 0 radical (unpaired) electrons. The van der Waals surface area contributed by atoms with Gasteiger partial charge >= 0.3 is 0 Å². The zero-order valence-corrected chi connectivity index (χ0v) is 13.8. The summed E-state index contributed by atoms with van der Waals surface area (Å²) >= 11 is 0. The van der Waals surface area contributed by atoms with Crippen LogP contribution >= 0.6 is 0 Å². The highest BCUT2D eigenvalue weighted by molar-refractivity contribution is 5.74. The van der Waals surface area contributed by atoms with Crippen LogP contribution in [0, 0.1) is 0 Å². The van der Waals surface area contributed by atoms with Gasteiger partial charge in [0.1, 0.15) is 0 Å². The fraction of sp³-hybridized carbons (Fsp3) is 0.733. The van der Waals surface area contributed by atoms with Crippen molar-refractivity contribution in [3.63, 3.8) is 0 Å². The standard InChI is InChI=1S/C15H22N6O3/c1-20(9-11-10-22-7-8-23-11)14-15(21-5-3-2-4-6-21)17-13-12(16-14)18-24-19-13/h11H,2-10H2,1H3/t11-/m1/s1. The number of aromatic nitrogens is 4. The summed E-state index contributed by atoms with van der Waals surface area (Å²) < 4.78 is 16.0. The molecule has 2 aromatic rings. The second-order valence-corrected chi connectivity index (χ2v) is 6.28. The maximum atomic E-state index is 5.75. The van der Waals surface area contributed by atoms with Gasteiger partial charge in [-0.15, -0.1) is 0 Å². The Morgan fingerprint density at radius 3 is 2.62 bits per heavy atom. The van der Waals surface area contributed by atoms with Gasteiger partial charge in [-0.1, -0.05) is 0 Å². The minimum absolute atomic E-state index is 0.0332. The fourth-order valence-electron chi connectivity index (χ4n) is 3.23. The number of ether oxygens (including phenoxy) is 2. The van der Waals surface area contributed by atoms with Gasteiger partial charge in [0.05, 0.1) is 25.9 Å². The molecular weight excluding hydrogens is 312 g/mol. The van der Waals surface area contributed by atoms with E-state index in [1.165, 1.54) is 19.3 Å². The Labute approximate surface area is 139 Å². The largest absolute Gasteiger partial charge is 0.376 e. The van der Waals surface area contributed by atoms with Crippen LogP contribution in [0.25, 0.3) is 11.3 Å². The van der Waals surface area contributed by atoms with Gasteiger partial charge in [-0.25, -0.2) is 14.6 Å². The van der Waals surface area contributed by atoms with Crippen molar-refractivity contribution in [2.75, 3.05) is 56.3 Å². The van der Waals surface area contributed by atoms with Crippen LogP contribution in [-0.4, -0.2) is 72.9 Å². The van der Waals surface area contributed by atoms with Crippen molar-refractivity contribution in [2.24, 2.45) is 0 Å². The molecule has 0 spiro atoms. The van der Waals surface area contributed by atoms with Crippen LogP contribution in [0.4, 0.5) is 11.6 Å². The molecule has 9 heteroatoms. The van der Waals surface area contributed by atoms with Crippen LogP contribution in [0.15, 0.2) is 4.63 Å². The first-order valence-electron chi connectivity index (χ1n) is 8.47. The smallest absolute Gasteiger partial charge is 0.245 e. The molecule has 0 aromatic carbocycles. The summed E-state index contributed by atoms with van der Waals surface area (Å²) in [6, 6.07) is 0. The molecule has 2 aliphatic heterocycles. The van der Waals surface area contributed by atoms with Gasteiger partial charge in [0.25, 0.3) is 0 Å². The van der Waals surface area contributed by atoms with E-state index in [2.05, 4.69) is 30.1 Å². The quantitative estimate of drug-likeness (QED) is 0.807. The second-order valence-electron chi connectivity index (χ2n) is 6.28.